The molecular formula is C28H23N3O5. The van der Waals surface area contributed by atoms with Crippen LogP contribution in [0.2, 0.25) is 0 Å². The van der Waals surface area contributed by atoms with E-state index in [0.717, 1.165) is 10.8 Å². The molecule has 0 bridgehead atoms. The van der Waals surface area contributed by atoms with Crippen molar-refractivity contribution in [1.82, 2.24) is 10.7 Å². The molecule has 0 aliphatic carbocycles. The lowest BCUT2D eigenvalue weighted by Crippen LogP contribution is -2.35. The molecule has 2 N–H and O–H groups in total. The molecular weight excluding hydrogens is 458 g/mol. The van der Waals surface area contributed by atoms with Crippen molar-refractivity contribution in [3.05, 3.63) is 108 Å². The first-order chi connectivity index (χ1) is 17.5. The van der Waals surface area contributed by atoms with Gasteiger partial charge in [0.25, 0.3) is 11.8 Å². The molecule has 0 spiro atoms. The predicted octanol–water partition coefficient (Wildman–Crippen LogP) is 3.95. The Labute approximate surface area is 207 Å². The fraction of sp³-hybridized carbons (Fsp3) is 0.0714. The number of carbonyl (C=O) groups is 3. The van der Waals surface area contributed by atoms with Crippen LogP contribution in [0.4, 0.5) is 0 Å². The van der Waals surface area contributed by atoms with E-state index >= 15 is 0 Å². The van der Waals surface area contributed by atoms with Gasteiger partial charge in [-0.05, 0) is 70.9 Å². The lowest BCUT2D eigenvalue weighted by molar-refractivity contribution is -0.120. The number of carbonyl (C=O) groups excluding carboxylic acids is 3. The Bertz CT molecular complexity index is 1410. The van der Waals surface area contributed by atoms with E-state index in [1.165, 1.54) is 6.21 Å². The summed E-state index contributed by atoms with van der Waals surface area (Å²) < 4.78 is 10.4. The average molecular weight is 482 g/mol. The fourth-order valence-electron chi connectivity index (χ4n) is 3.41. The first kappa shape index (κ1) is 24.2. The highest BCUT2D eigenvalue weighted by molar-refractivity contribution is 6.07. The number of nitrogens with zero attached hydrogens (tertiary/aromatic N) is 1. The van der Waals surface area contributed by atoms with E-state index in [9.17, 15) is 14.4 Å². The zero-order chi connectivity index (χ0) is 25.3. The summed E-state index contributed by atoms with van der Waals surface area (Å²) in [5, 5.41) is 8.26. The molecule has 0 unspecified atom stereocenters. The third kappa shape index (κ3) is 6.12. The number of nitrogens with one attached hydrogen (secondary N) is 2. The Morgan fingerprint density at radius 1 is 0.833 bits per heavy atom. The van der Waals surface area contributed by atoms with Crippen molar-refractivity contribution in [3.8, 4) is 11.5 Å². The summed E-state index contributed by atoms with van der Waals surface area (Å²) in [7, 11) is 1.55. The highest BCUT2D eigenvalue weighted by Gasteiger charge is 2.11. The summed E-state index contributed by atoms with van der Waals surface area (Å²) >= 11 is 0. The van der Waals surface area contributed by atoms with E-state index in [-0.39, 0.29) is 12.5 Å². The lowest BCUT2D eigenvalue weighted by Gasteiger charge is -2.07. The number of rotatable bonds is 8. The van der Waals surface area contributed by atoms with Crippen LogP contribution in [-0.2, 0) is 4.79 Å². The highest BCUT2D eigenvalue weighted by Crippen LogP contribution is 2.18. The molecule has 0 saturated heterocycles. The quantitative estimate of drug-likeness (QED) is 0.172. The second-order valence-corrected chi connectivity index (χ2v) is 7.69. The summed E-state index contributed by atoms with van der Waals surface area (Å²) in [5.74, 6) is -0.282. The van der Waals surface area contributed by atoms with Crippen LogP contribution in [0.3, 0.4) is 0 Å². The van der Waals surface area contributed by atoms with Gasteiger partial charge in [-0.1, -0.05) is 36.4 Å². The van der Waals surface area contributed by atoms with Crippen LogP contribution < -0.4 is 20.2 Å². The maximum Gasteiger partial charge on any atom is 0.343 e. The number of amides is 2. The summed E-state index contributed by atoms with van der Waals surface area (Å²) in [6.45, 7) is -0.223. The second-order valence-electron chi connectivity index (χ2n) is 7.69. The van der Waals surface area contributed by atoms with Gasteiger partial charge < -0.3 is 14.8 Å². The number of methoxy groups -OCH3 is 1. The zero-order valence-electron chi connectivity index (χ0n) is 19.4. The number of esters is 1. The number of hydrogen-bond acceptors (Lipinski definition) is 6. The maximum atomic E-state index is 12.5. The number of benzene rings is 4. The maximum absolute atomic E-state index is 12.5. The van der Waals surface area contributed by atoms with E-state index in [1.54, 1.807) is 67.8 Å². The Morgan fingerprint density at radius 3 is 2.28 bits per heavy atom. The van der Waals surface area contributed by atoms with Gasteiger partial charge in [0.1, 0.15) is 11.5 Å². The van der Waals surface area contributed by atoms with Crippen molar-refractivity contribution in [2.45, 2.75) is 0 Å². The minimum atomic E-state index is -0.489. The number of fused-ring (bicyclic) bond motifs is 1. The molecule has 0 heterocycles. The van der Waals surface area contributed by atoms with Crippen molar-refractivity contribution < 1.29 is 23.9 Å². The van der Waals surface area contributed by atoms with E-state index in [4.69, 9.17) is 9.47 Å². The Hall–Kier alpha value is -4.98. The highest BCUT2D eigenvalue weighted by atomic mass is 16.5. The zero-order valence-corrected chi connectivity index (χ0v) is 19.4. The van der Waals surface area contributed by atoms with Crippen LogP contribution in [0.5, 0.6) is 11.5 Å². The van der Waals surface area contributed by atoms with Gasteiger partial charge in [-0.25, -0.2) is 10.2 Å². The van der Waals surface area contributed by atoms with Crippen molar-refractivity contribution in [3.63, 3.8) is 0 Å². The molecule has 0 aromatic heterocycles. The number of hydrazone groups is 1. The normalized spacial score (nSPS) is 10.7. The van der Waals surface area contributed by atoms with Crippen LogP contribution >= 0.6 is 0 Å². The van der Waals surface area contributed by atoms with Gasteiger partial charge >= 0.3 is 5.97 Å². The molecule has 0 fully saturated rings. The number of ether oxygens (including phenoxy) is 2. The van der Waals surface area contributed by atoms with Crippen molar-refractivity contribution in [2.75, 3.05) is 13.7 Å². The van der Waals surface area contributed by atoms with Gasteiger partial charge in [-0.2, -0.15) is 5.10 Å². The molecule has 0 aliphatic heterocycles. The van der Waals surface area contributed by atoms with Gasteiger partial charge in [0.2, 0.25) is 0 Å². The third-order valence-corrected chi connectivity index (χ3v) is 5.26. The predicted molar refractivity (Wildman–Crippen MR) is 136 cm³/mol. The summed E-state index contributed by atoms with van der Waals surface area (Å²) in [4.78, 5) is 36.8. The lowest BCUT2D eigenvalue weighted by atomic mass is 10.0. The molecule has 4 aromatic rings. The molecule has 0 saturated carbocycles. The molecule has 8 nitrogen and oxygen atoms in total. The monoisotopic (exact) mass is 481 g/mol. The van der Waals surface area contributed by atoms with Gasteiger partial charge in [-0.15, -0.1) is 0 Å². The summed E-state index contributed by atoms with van der Waals surface area (Å²) in [5.41, 5.74) is 3.95. The molecule has 8 heteroatoms. The van der Waals surface area contributed by atoms with E-state index in [2.05, 4.69) is 15.8 Å². The van der Waals surface area contributed by atoms with Crippen LogP contribution in [0.1, 0.15) is 26.3 Å². The van der Waals surface area contributed by atoms with Crippen LogP contribution in [0, 0.1) is 0 Å². The molecule has 4 aromatic carbocycles. The van der Waals surface area contributed by atoms with Gasteiger partial charge in [0, 0.05) is 5.56 Å². The largest absolute Gasteiger partial charge is 0.497 e. The second kappa shape index (κ2) is 11.4. The molecule has 0 radical (unpaired) electrons. The topological polar surface area (TPSA) is 106 Å². The van der Waals surface area contributed by atoms with Gasteiger partial charge in [-0.3, -0.25) is 9.59 Å². The van der Waals surface area contributed by atoms with Gasteiger partial charge in [0.15, 0.2) is 0 Å². The van der Waals surface area contributed by atoms with Crippen molar-refractivity contribution in [2.24, 2.45) is 5.10 Å². The van der Waals surface area contributed by atoms with Crippen molar-refractivity contribution in [1.29, 1.82) is 0 Å². The van der Waals surface area contributed by atoms with Crippen LogP contribution in [0.15, 0.2) is 96.1 Å². The summed E-state index contributed by atoms with van der Waals surface area (Å²) in [6.07, 6.45) is 1.44. The van der Waals surface area contributed by atoms with E-state index in [1.807, 2.05) is 30.3 Å². The molecule has 2 amide bonds. The minimum absolute atomic E-state index is 0.223. The SMILES string of the molecule is COc1ccc(C(=O)Oc2ccc(/C=N/NC(=O)CNC(=O)c3cccc4ccccc34)cc2)cc1. The Balaban J connectivity index is 1.25. The first-order valence-corrected chi connectivity index (χ1v) is 11.1. The minimum Gasteiger partial charge on any atom is -0.497 e. The third-order valence-electron chi connectivity index (χ3n) is 5.26. The van der Waals surface area contributed by atoms with Crippen LogP contribution in [-0.4, -0.2) is 37.7 Å². The first-order valence-electron chi connectivity index (χ1n) is 11.1. The molecule has 0 atom stereocenters. The average Bonchev–Trinajstić information content (AvgIpc) is 2.92. The van der Waals surface area contributed by atoms with Crippen molar-refractivity contribution >= 4 is 34.8 Å². The van der Waals surface area contributed by atoms with E-state index < -0.39 is 11.9 Å². The Kier molecular flexibility index (Phi) is 7.67. The molecule has 36 heavy (non-hydrogen) atoms. The fourth-order valence-corrected chi connectivity index (χ4v) is 3.41. The standard InChI is InChI=1S/C28H23N3O5/c1-35-22-15-11-21(12-16-22)28(34)36-23-13-9-19(10-14-23)17-30-31-26(32)18-29-27(33)25-8-4-6-20-5-2-3-7-24(20)25/h2-17H,18H2,1H3,(H,29,33)(H,31,32)/b30-17+. The Morgan fingerprint density at radius 2 is 1.53 bits per heavy atom. The number of hydrogen-bond donors (Lipinski definition) is 2. The molecule has 0 aliphatic rings. The van der Waals surface area contributed by atoms with E-state index in [0.29, 0.717) is 28.2 Å². The molecule has 180 valence electrons. The smallest absolute Gasteiger partial charge is 0.343 e. The van der Waals surface area contributed by atoms with Crippen LogP contribution in [0.25, 0.3) is 10.8 Å². The van der Waals surface area contributed by atoms with Gasteiger partial charge in [0.05, 0.1) is 25.4 Å². The summed E-state index contributed by atoms with van der Waals surface area (Å²) in [6, 6.07) is 26.2. The molecule has 4 rings (SSSR count).